The number of aliphatic hydroxyl groups is 2. The third-order valence-corrected chi connectivity index (χ3v) is 9.96. The molecular weight excluding hydrogens is 504 g/mol. The fourth-order valence-corrected chi connectivity index (χ4v) is 7.33. The highest BCUT2D eigenvalue weighted by Gasteiger charge is 2.57. The normalized spacial score (nSPS) is 30.0. The lowest BCUT2D eigenvalue weighted by Crippen LogP contribution is -2.57. The Morgan fingerprint density at radius 1 is 1.10 bits per heavy atom. The molecule has 6 rings (SSSR count). The Hall–Kier alpha value is -2.74. The number of fused-ring (bicyclic) bond motifs is 8. The number of β-amino-alcohol motifs (C(OH)–C–C–N with tert-alkyl or cyclic N) is 1. The Kier molecular flexibility index (Phi) is 8.37. The van der Waals surface area contributed by atoms with Gasteiger partial charge in [-0.3, -0.25) is 14.5 Å². The van der Waals surface area contributed by atoms with E-state index in [4.69, 9.17) is 4.42 Å². The first kappa shape index (κ1) is 28.8. The molecule has 2 fully saturated rings. The summed E-state index contributed by atoms with van der Waals surface area (Å²) in [6, 6.07) is 9.47. The Morgan fingerprint density at radius 2 is 1.88 bits per heavy atom. The molecular formula is C33H44N2O5. The molecule has 3 aliphatic carbocycles. The molecule has 1 saturated carbocycles. The fraction of sp³-hybridized carbons (Fsp3) is 0.576. The van der Waals surface area contributed by atoms with Crippen molar-refractivity contribution in [3.05, 3.63) is 70.7 Å². The second-order valence-corrected chi connectivity index (χ2v) is 12.5. The second kappa shape index (κ2) is 11.6. The summed E-state index contributed by atoms with van der Waals surface area (Å²) in [4.78, 5) is 29.8. The van der Waals surface area contributed by atoms with Crippen LogP contribution < -0.4 is 0 Å². The monoisotopic (exact) mass is 548 g/mol. The zero-order chi connectivity index (χ0) is 28.5. The highest BCUT2D eigenvalue weighted by molar-refractivity contribution is 6.08. The number of carbonyl (C=O) groups is 2. The average Bonchev–Trinajstić information content (AvgIpc) is 3.55. The molecule has 40 heavy (non-hydrogen) atoms. The number of rotatable bonds is 4. The molecule has 7 heteroatoms. The van der Waals surface area contributed by atoms with Crippen LogP contribution in [0.25, 0.3) is 0 Å². The summed E-state index contributed by atoms with van der Waals surface area (Å²) in [6.07, 6.45) is 8.34. The van der Waals surface area contributed by atoms with E-state index in [1.807, 2.05) is 17.0 Å². The van der Waals surface area contributed by atoms with Gasteiger partial charge in [0.25, 0.3) is 0 Å². The summed E-state index contributed by atoms with van der Waals surface area (Å²) in [6.45, 7) is 9.38. The standard InChI is InChI=1S/C33H44N2O5/c1-23-6-4-13-32(3)29(12-14-33(32,39)22-34-15-17-35(18-16-34)24(2)36)27-11-9-25(20-26(37)10-8-23)21-28(27)31(38)30-7-5-19-40-30/h5-7,9,11,19,21,26,29,37,39H,4,8,10,12-18,20,22H2,1-3H3/t26-,29-,32-,33+/m0/s1. The molecule has 4 atom stereocenters. The molecule has 1 aromatic carbocycles. The molecule has 2 heterocycles. The Labute approximate surface area is 237 Å². The Morgan fingerprint density at radius 3 is 2.58 bits per heavy atom. The van der Waals surface area contributed by atoms with E-state index in [1.165, 1.54) is 11.8 Å². The van der Waals surface area contributed by atoms with Crippen LogP contribution in [0.2, 0.25) is 0 Å². The van der Waals surface area contributed by atoms with Crippen LogP contribution in [0.5, 0.6) is 0 Å². The molecule has 2 N–H and O–H groups in total. The first-order valence-corrected chi connectivity index (χ1v) is 14.8. The van der Waals surface area contributed by atoms with Crippen molar-refractivity contribution in [2.24, 2.45) is 5.41 Å². The number of nitrogens with zero attached hydrogens (tertiary/aromatic N) is 2. The van der Waals surface area contributed by atoms with Gasteiger partial charge in [-0.1, -0.05) is 30.7 Å². The molecule has 2 bridgehead atoms. The Balaban J connectivity index is 1.53. The van der Waals surface area contributed by atoms with Crippen LogP contribution in [0.15, 0.2) is 52.7 Å². The zero-order valence-corrected chi connectivity index (χ0v) is 24.2. The SMILES string of the molecule is CC(=O)N1CCN(C[C@]2(O)CC[C@H]3c4ccc(cc4C(=O)c4ccco4)C[C@@H](O)CCC(C)=CCC[C@@]32C)CC1. The topological polar surface area (TPSA) is 94.2 Å². The van der Waals surface area contributed by atoms with E-state index < -0.39 is 17.1 Å². The fourth-order valence-electron chi connectivity index (χ4n) is 7.33. The van der Waals surface area contributed by atoms with Gasteiger partial charge >= 0.3 is 0 Å². The number of aliphatic hydroxyl groups excluding tert-OH is 1. The van der Waals surface area contributed by atoms with Crippen LogP contribution in [-0.2, 0) is 11.2 Å². The van der Waals surface area contributed by atoms with Crippen LogP contribution in [-0.4, -0.2) is 76.1 Å². The molecule has 2 aromatic rings. The predicted molar refractivity (Wildman–Crippen MR) is 154 cm³/mol. The zero-order valence-electron chi connectivity index (χ0n) is 24.2. The van der Waals surface area contributed by atoms with E-state index in [9.17, 15) is 19.8 Å². The van der Waals surface area contributed by atoms with Gasteiger partial charge in [0.1, 0.15) is 0 Å². The summed E-state index contributed by atoms with van der Waals surface area (Å²) in [5, 5.41) is 23.2. The molecule has 216 valence electrons. The van der Waals surface area contributed by atoms with E-state index in [0.29, 0.717) is 50.2 Å². The minimum absolute atomic E-state index is 0.0134. The largest absolute Gasteiger partial charge is 0.461 e. The van der Waals surface area contributed by atoms with Crippen molar-refractivity contribution >= 4 is 11.7 Å². The number of benzene rings is 1. The van der Waals surface area contributed by atoms with Crippen molar-refractivity contribution in [3.8, 4) is 0 Å². The van der Waals surface area contributed by atoms with E-state index in [-0.39, 0.29) is 17.6 Å². The van der Waals surface area contributed by atoms with Gasteiger partial charge in [0.05, 0.1) is 18.0 Å². The van der Waals surface area contributed by atoms with Crippen LogP contribution in [0.4, 0.5) is 0 Å². The van der Waals surface area contributed by atoms with Gasteiger partial charge in [0.15, 0.2) is 5.76 Å². The molecule has 1 saturated heterocycles. The van der Waals surface area contributed by atoms with Crippen molar-refractivity contribution in [2.45, 2.75) is 83.3 Å². The molecule has 0 radical (unpaired) electrons. The highest BCUT2D eigenvalue weighted by Crippen LogP contribution is 2.58. The quantitative estimate of drug-likeness (QED) is 0.425. The third-order valence-electron chi connectivity index (χ3n) is 9.96. The van der Waals surface area contributed by atoms with Crippen LogP contribution in [0.1, 0.15) is 92.5 Å². The van der Waals surface area contributed by atoms with Crippen molar-refractivity contribution in [3.63, 3.8) is 0 Å². The number of amides is 1. The predicted octanol–water partition coefficient (Wildman–Crippen LogP) is 4.71. The number of hydrogen-bond acceptors (Lipinski definition) is 6. The van der Waals surface area contributed by atoms with Crippen LogP contribution >= 0.6 is 0 Å². The molecule has 0 spiro atoms. The third kappa shape index (κ3) is 5.69. The second-order valence-electron chi connectivity index (χ2n) is 12.5. The average molecular weight is 549 g/mol. The Bertz CT molecular complexity index is 1250. The van der Waals surface area contributed by atoms with Crippen LogP contribution in [0.3, 0.4) is 0 Å². The number of allylic oxidation sites excluding steroid dienone is 2. The maximum atomic E-state index is 13.8. The summed E-state index contributed by atoms with van der Waals surface area (Å²) >= 11 is 0. The molecule has 1 aromatic heterocycles. The lowest BCUT2D eigenvalue weighted by atomic mass is 9.64. The first-order chi connectivity index (χ1) is 19.1. The van der Waals surface area contributed by atoms with Crippen molar-refractivity contribution in [2.75, 3.05) is 32.7 Å². The summed E-state index contributed by atoms with van der Waals surface area (Å²) in [7, 11) is 0. The van der Waals surface area contributed by atoms with Gasteiger partial charge in [0, 0.05) is 50.6 Å². The minimum atomic E-state index is -0.936. The number of carbonyl (C=O) groups excluding carboxylic acids is 2. The molecule has 1 amide bonds. The summed E-state index contributed by atoms with van der Waals surface area (Å²) in [5.74, 6) is 0.235. The van der Waals surface area contributed by atoms with Crippen molar-refractivity contribution in [1.82, 2.24) is 9.80 Å². The van der Waals surface area contributed by atoms with E-state index in [0.717, 1.165) is 49.9 Å². The lowest BCUT2D eigenvalue weighted by molar-refractivity contribution is -0.132. The van der Waals surface area contributed by atoms with Crippen LogP contribution in [0, 0.1) is 5.41 Å². The smallest absolute Gasteiger partial charge is 0.228 e. The molecule has 0 unspecified atom stereocenters. The van der Waals surface area contributed by atoms with Gasteiger partial charge < -0.3 is 19.5 Å². The number of ketones is 1. The number of piperazine rings is 1. The van der Waals surface area contributed by atoms with Crippen molar-refractivity contribution < 1.29 is 24.2 Å². The van der Waals surface area contributed by atoms with Gasteiger partial charge in [0.2, 0.25) is 11.7 Å². The van der Waals surface area contributed by atoms with Gasteiger partial charge in [-0.15, -0.1) is 0 Å². The minimum Gasteiger partial charge on any atom is -0.461 e. The molecule has 7 nitrogen and oxygen atoms in total. The molecule has 1 aliphatic heterocycles. The number of furan rings is 1. The maximum Gasteiger partial charge on any atom is 0.228 e. The number of hydrogen-bond donors (Lipinski definition) is 2. The van der Waals surface area contributed by atoms with E-state index in [2.05, 4.69) is 30.9 Å². The van der Waals surface area contributed by atoms with E-state index >= 15 is 0 Å². The van der Waals surface area contributed by atoms with Crippen molar-refractivity contribution in [1.29, 1.82) is 0 Å². The maximum absolute atomic E-state index is 13.8. The molecule has 4 aliphatic rings. The van der Waals surface area contributed by atoms with Gasteiger partial charge in [-0.05, 0) is 87.1 Å². The summed E-state index contributed by atoms with van der Waals surface area (Å²) in [5.41, 5.74) is 2.36. The van der Waals surface area contributed by atoms with Gasteiger partial charge in [-0.25, -0.2) is 0 Å². The lowest BCUT2D eigenvalue weighted by Gasteiger charge is -2.47. The van der Waals surface area contributed by atoms with Gasteiger partial charge in [-0.2, -0.15) is 0 Å². The van der Waals surface area contributed by atoms with E-state index in [1.54, 1.807) is 19.1 Å². The first-order valence-electron chi connectivity index (χ1n) is 14.8. The highest BCUT2D eigenvalue weighted by atomic mass is 16.3. The summed E-state index contributed by atoms with van der Waals surface area (Å²) < 4.78 is 5.52.